The first kappa shape index (κ1) is 11.9. The molecule has 1 aliphatic carbocycles. The molecule has 1 fully saturated rings. The summed E-state index contributed by atoms with van der Waals surface area (Å²) in [6.07, 6.45) is 1.21. The SMILES string of the molecule is CS(=O)(=O)[C@@H]1[C@H](CO)[C@H]1c1cccc(Cl)c1. The van der Waals surface area contributed by atoms with Crippen molar-refractivity contribution in [3.63, 3.8) is 0 Å². The van der Waals surface area contributed by atoms with Gasteiger partial charge in [-0.3, -0.25) is 0 Å². The minimum absolute atomic E-state index is 0.102. The van der Waals surface area contributed by atoms with Crippen LogP contribution in [0.3, 0.4) is 0 Å². The molecule has 16 heavy (non-hydrogen) atoms. The van der Waals surface area contributed by atoms with Crippen LogP contribution < -0.4 is 0 Å². The largest absolute Gasteiger partial charge is 0.396 e. The summed E-state index contributed by atoms with van der Waals surface area (Å²) in [5, 5.41) is 9.27. The predicted molar refractivity (Wildman–Crippen MR) is 63.4 cm³/mol. The van der Waals surface area contributed by atoms with Crippen molar-refractivity contribution in [2.24, 2.45) is 5.92 Å². The van der Waals surface area contributed by atoms with Crippen LogP contribution in [0.15, 0.2) is 24.3 Å². The van der Waals surface area contributed by atoms with Crippen LogP contribution in [0.25, 0.3) is 0 Å². The Morgan fingerprint density at radius 3 is 2.56 bits per heavy atom. The lowest BCUT2D eigenvalue weighted by atomic mass is 10.1. The molecule has 1 N–H and O–H groups in total. The van der Waals surface area contributed by atoms with E-state index in [0.717, 1.165) is 5.56 Å². The van der Waals surface area contributed by atoms with Gasteiger partial charge in [0, 0.05) is 29.7 Å². The zero-order valence-electron chi connectivity index (χ0n) is 8.80. The molecular weight excluding hydrogens is 248 g/mol. The smallest absolute Gasteiger partial charge is 0.151 e. The van der Waals surface area contributed by atoms with Crippen molar-refractivity contribution in [3.8, 4) is 0 Å². The van der Waals surface area contributed by atoms with E-state index < -0.39 is 15.1 Å². The molecule has 1 saturated carbocycles. The number of halogens is 1. The molecule has 0 amide bonds. The van der Waals surface area contributed by atoms with Crippen LogP contribution in [0.4, 0.5) is 0 Å². The van der Waals surface area contributed by atoms with Gasteiger partial charge in [-0.1, -0.05) is 23.7 Å². The molecule has 88 valence electrons. The molecule has 0 heterocycles. The van der Waals surface area contributed by atoms with E-state index >= 15 is 0 Å². The Kier molecular flexibility index (Phi) is 2.99. The van der Waals surface area contributed by atoms with Crippen LogP contribution in [0.5, 0.6) is 0 Å². The third-order valence-corrected chi connectivity index (χ3v) is 4.90. The van der Waals surface area contributed by atoms with E-state index in [1.807, 2.05) is 6.07 Å². The molecule has 2 rings (SSSR count). The van der Waals surface area contributed by atoms with E-state index in [1.165, 1.54) is 6.26 Å². The lowest BCUT2D eigenvalue weighted by Crippen LogP contribution is -2.08. The van der Waals surface area contributed by atoms with Crippen molar-refractivity contribution in [3.05, 3.63) is 34.9 Å². The summed E-state index contributed by atoms with van der Waals surface area (Å²) in [7, 11) is -3.10. The molecule has 0 spiro atoms. The summed E-state index contributed by atoms with van der Waals surface area (Å²) in [5.41, 5.74) is 0.891. The minimum Gasteiger partial charge on any atom is -0.396 e. The van der Waals surface area contributed by atoms with Gasteiger partial charge in [-0.2, -0.15) is 0 Å². The van der Waals surface area contributed by atoms with Crippen LogP contribution in [0.1, 0.15) is 11.5 Å². The summed E-state index contributed by atoms with van der Waals surface area (Å²) in [4.78, 5) is 0. The highest BCUT2D eigenvalue weighted by Crippen LogP contribution is 2.51. The molecule has 1 aromatic rings. The normalized spacial score (nSPS) is 29.1. The number of aliphatic hydroxyl groups is 1. The van der Waals surface area contributed by atoms with Gasteiger partial charge in [0.15, 0.2) is 9.84 Å². The maximum absolute atomic E-state index is 11.5. The monoisotopic (exact) mass is 260 g/mol. The molecule has 1 aromatic carbocycles. The third-order valence-electron chi connectivity index (χ3n) is 3.04. The highest BCUT2D eigenvalue weighted by molar-refractivity contribution is 7.91. The number of sulfone groups is 1. The zero-order chi connectivity index (χ0) is 11.9. The van der Waals surface area contributed by atoms with E-state index in [0.29, 0.717) is 5.02 Å². The van der Waals surface area contributed by atoms with Crippen molar-refractivity contribution in [1.29, 1.82) is 0 Å². The Labute approximate surface area is 100.0 Å². The van der Waals surface area contributed by atoms with Gasteiger partial charge < -0.3 is 5.11 Å². The standard InChI is InChI=1S/C11H13ClO3S/c1-16(14,15)11-9(6-13)10(11)7-3-2-4-8(12)5-7/h2-5,9-11,13H,6H2,1H3/t9-,10-,11-/m1/s1. The van der Waals surface area contributed by atoms with Crippen LogP contribution in [0, 0.1) is 5.92 Å². The fourth-order valence-electron chi connectivity index (χ4n) is 2.29. The Balaban J connectivity index is 2.30. The second-order valence-corrected chi connectivity index (χ2v) is 6.86. The number of rotatable bonds is 3. The Morgan fingerprint density at radius 2 is 2.12 bits per heavy atom. The van der Waals surface area contributed by atoms with Gasteiger partial charge in [0.1, 0.15) is 0 Å². The minimum atomic E-state index is -3.10. The van der Waals surface area contributed by atoms with Crippen molar-refractivity contribution in [2.75, 3.05) is 12.9 Å². The van der Waals surface area contributed by atoms with Crippen molar-refractivity contribution >= 4 is 21.4 Å². The zero-order valence-corrected chi connectivity index (χ0v) is 10.4. The maximum atomic E-state index is 11.5. The van der Waals surface area contributed by atoms with Crippen LogP contribution in [-0.4, -0.2) is 31.6 Å². The Bertz CT molecular complexity index is 498. The number of aliphatic hydroxyl groups excluding tert-OH is 1. The first-order valence-electron chi connectivity index (χ1n) is 5.00. The van der Waals surface area contributed by atoms with Gasteiger partial charge in [0.05, 0.1) is 5.25 Å². The summed E-state index contributed by atoms with van der Waals surface area (Å²) in [6, 6.07) is 7.16. The average Bonchev–Trinajstić information content (AvgIpc) is 2.91. The van der Waals surface area contributed by atoms with E-state index in [-0.39, 0.29) is 18.4 Å². The van der Waals surface area contributed by atoms with Crippen molar-refractivity contribution in [1.82, 2.24) is 0 Å². The van der Waals surface area contributed by atoms with E-state index in [2.05, 4.69) is 0 Å². The van der Waals surface area contributed by atoms with Gasteiger partial charge >= 0.3 is 0 Å². The molecule has 0 aliphatic heterocycles. The quantitative estimate of drug-likeness (QED) is 0.895. The van der Waals surface area contributed by atoms with E-state index in [1.54, 1.807) is 18.2 Å². The van der Waals surface area contributed by atoms with Gasteiger partial charge in [0.2, 0.25) is 0 Å². The average molecular weight is 261 g/mol. The van der Waals surface area contributed by atoms with Gasteiger partial charge in [-0.25, -0.2) is 8.42 Å². The summed E-state index contributed by atoms with van der Waals surface area (Å²) in [5.74, 6) is -0.299. The second-order valence-electron chi connectivity index (χ2n) is 4.22. The van der Waals surface area contributed by atoms with Crippen molar-refractivity contribution < 1.29 is 13.5 Å². The Hall–Kier alpha value is -0.580. The Morgan fingerprint density at radius 1 is 1.44 bits per heavy atom. The second kappa shape index (κ2) is 4.02. The molecule has 0 unspecified atom stereocenters. The van der Waals surface area contributed by atoms with E-state index in [9.17, 15) is 8.42 Å². The molecule has 0 bridgehead atoms. The van der Waals surface area contributed by atoms with Gasteiger partial charge in [-0.05, 0) is 17.7 Å². The lowest BCUT2D eigenvalue weighted by Gasteiger charge is -1.99. The van der Waals surface area contributed by atoms with Crippen LogP contribution >= 0.6 is 11.6 Å². The predicted octanol–water partition coefficient (Wildman–Crippen LogP) is 1.46. The molecule has 0 aromatic heterocycles. The fourth-order valence-corrected chi connectivity index (χ4v) is 4.18. The number of hydrogen-bond donors (Lipinski definition) is 1. The first-order valence-corrected chi connectivity index (χ1v) is 7.33. The number of benzene rings is 1. The lowest BCUT2D eigenvalue weighted by molar-refractivity contribution is 0.274. The van der Waals surface area contributed by atoms with Gasteiger partial charge in [-0.15, -0.1) is 0 Å². The third kappa shape index (κ3) is 2.10. The van der Waals surface area contributed by atoms with Crippen LogP contribution in [0.2, 0.25) is 5.02 Å². The number of hydrogen-bond acceptors (Lipinski definition) is 3. The highest BCUT2D eigenvalue weighted by atomic mass is 35.5. The molecule has 3 nitrogen and oxygen atoms in total. The molecule has 1 aliphatic rings. The van der Waals surface area contributed by atoms with Crippen LogP contribution in [-0.2, 0) is 9.84 Å². The molecule has 5 heteroatoms. The topological polar surface area (TPSA) is 54.4 Å². The highest BCUT2D eigenvalue weighted by Gasteiger charge is 2.56. The molecule has 3 atom stereocenters. The molecule has 0 saturated heterocycles. The summed E-state index contributed by atoms with van der Waals surface area (Å²) in [6.45, 7) is -0.102. The fraction of sp³-hybridized carbons (Fsp3) is 0.455. The van der Waals surface area contributed by atoms with Crippen molar-refractivity contribution in [2.45, 2.75) is 11.2 Å². The van der Waals surface area contributed by atoms with E-state index in [4.69, 9.17) is 16.7 Å². The summed E-state index contributed by atoms with van der Waals surface area (Å²) >= 11 is 5.86. The molecular formula is C11H13ClO3S. The first-order chi connectivity index (χ1) is 7.45. The molecule has 0 radical (unpaired) electrons. The summed E-state index contributed by atoms with van der Waals surface area (Å²) < 4.78 is 23.0. The van der Waals surface area contributed by atoms with Gasteiger partial charge in [0.25, 0.3) is 0 Å². The maximum Gasteiger partial charge on any atom is 0.151 e.